The van der Waals surface area contributed by atoms with Crippen LogP contribution in [-0.2, 0) is 10.2 Å². The van der Waals surface area contributed by atoms with E-state index >= 15 is 0 Å². The molecule has 0 amide bonds. The Hall–Kier alpha value is -3.27. The van der Waals surface area contributed by atoms with Crippen LogP contribution in [0, 0.1) is 12.3 Å². The zero-order valence-corrected chi connectivity index (χ0v) is 21.3. The first-order chi connectivity index (χ1) is 18.1. The second kappa shape index (κ2) is 8.65. The molecule has 4 aliphatic rings. The lowest BCUT2D eigenvalue weighted by molar-refractivity contribution is 0.0602. The third-order valence-electron chi connectivity index (χ3n) is 9.39. The number of aromatic amines is 1. The van der Waals surface area contributed by atoms with Gasteiger partial charge in [0.05, 0.1) is 11.3 Å². The van der Waals surface area contributed by atoms with Crippen LogP contribution in [0.25, 0.3) is 10.9 Å². The minimum Gasteiger partial charge on any atom is -0.399 e. The number of benzene rings is 2. The van der Waals surface area contributed by atoms with Crippen molar-refractivity contribution in [3.05, 3.63) is 58.3 Å². The summed E-state index contributed by atoms with van der Waals surface area (Å²) in [6.45, 7) is 5.80. The summed E-state index contributed by atoms with van der Waals surface area (Å²) in [5.41, 5.74) is 13.0. The summed E-state index contributed by atoms with van der Waals surface area (Å²) in [5, 5.41) is 0.932. The molecule has 6 heteroatoms. The van der Waals surface area contributed by atoms with Crippen LogP contribution >= 0.6 is 0 Å². The van der Waals surface area contributed by atoms with E-state index in [0.717, 1.165) is 83.3 Å². The van der Waals surface area contributed by atoms with E-state index in [-0.39, 0.29) is 11.2 Å². The molecule has 190 valence electrons. The Morgan fingerprint density at radius 1 is 1.05 bits per heavy atom. The summed E-state index contributed by atoms with van der Waals surface area (Å²) in [4.78, 5) is 22.8. The molecule has 4 heterocycles. The van der Waals surface area contributed by atoms with Crippen molar-refractivity contribution in [2.75, 3.05) is 50.0 Å². The molecular weight excluding hydrogens is 460 g/mol. The zero-order valence-electron chi connectivity index (χ0n) is 21.3. The van der Waals surface area contributed by atoms with Crippen LogP contribution in [0.3, 0.4) is 0 Å². The van der Waals surface area contributed by atoms with Gasteiger partial charge in [0.1, 0.15) is 0 Å². The third-order valence-corrected chi connectivity index (χ3v) is 9.39. The molecule has 0 saturated carbocycles. The molecule has 3 saturated heterocycles. The van der Waals surface area contributed by atoms with Gasteiger partial charge < -0.3 is 25.3 Å². The van der Waals surface area contributed by atoms with Crippen molar-refractivity contribution in [2.45, 2.75) is 50.0 Å². The second-order valence-electron chi connectivity index (χ2n) is 11.2. The highest BCUT2D eigenvalue weighted by molar-refractivity contribution is 6.20. The zero-order chi connectivity index (χ0) is 25.1. The molecule has 3 N–H and O–H groups in total. The van der Waals surface area contributed by atoms with E-state index in [0.29, 0.717) is 24.9 Å². The number of ketones is 1. The van der Waals surface area contributed by atoms with Crippen LogP contribution in [-0.4, -0.2) is 61.1 Å². The number of rotatable bonds is 2. The minimum atomic E-state index is -0.305. The highest BCUT2D eigenvalue weighted by Gasteiger charge is 2.47. The highest BCUT2D eigenvalue weighted by Crippen LogP contribution is 2.51. The van der Waals surface area contributed by atoms with Gasteiger partial charge in [-0.1, -0.05) is 12.0 Å². The van der Waals surface area contributed by atoms with Crippen molar-refractivity contribution in [1.29, 1.82) is 0 Å². The molecule has 7 rings (SSSR count). The van der Waals surface area contributed by atoms with Crippen LogP contribution in [0.2, 0.25) is 0 Å². The Morgan fingerprint density at radius 3 is 2.54 bits per heavy atom. The maximum Gasteiger partial charge on any atom is 0.195 e. The smallest absolute Gasteiger partial charge is 0.195 e. The lowest BCUT2D eigenvalue weighted by Crippen LogP contribution is -2.44. The molecular formula is C31H34N4O2. The molecule has 1 aliphatic carbocycles. The fraction of sp³-hybridized carbons (Fsp3) is 0.452. The van der Waals surface area contributed by atoms with Crippen LogP contribution < -0.4 is 10.6 Å². The van der Waals surface area contributed by atoms with Gasteiger partial charge in [0.2, 0.25) is 0 Å². The van der Waals surface area contributed by atoms with E-state index in [4.69, 9.17) is 16.9 Å². The predicted molar refractivity (Wildman–Crippen MR) is 147 cm³/mol. The number of piperidine rings is 1. The van der Waals surface area contributed by atoms with Crippen LogP contribution in [0.1, 0.15) is 71.3 Å². The van der Waals surface area contributed by atoms with Gasteiger partial charge in [0.25, 0.3) is 0 Å². The first-order valence-electron chi connectivity index (χ1n) is 13.8. The van der Waals surface area contributed by atoms with Gasteiger partial charge in [-0.15, -0.1) is 6.42 Å². The quantitative estimate of drug-likeness (QED) is 0.407. The third kappa shape index (κ3) is 3.44. The van der Waals surface area contributed by atoms with E-state index in [2.05, 4.69) is 26.8 Å². The maximum atomic E-state index is 14.1. The number of carbonyl (C=O) groups is 1. The molecule has 2 aromatic carbocycles. The van der Waals surface area contributed by atoms with E-state index in [1.807, 2.05) is 24.3 Å². The van der Waals surface area contributed by atoms with Crippen molar-refractivity contribution in [2.24, 2.45) is 0 Å². The number of nitrogens with zero attached hydrogens (tertiary/aromatic N) is 2. The fourth-order valence-corrected chi connectivity index (χ4v) is 7.45. The van der Waals surface area contributed by atoms with E-state index in [9.17, 15) is 4.79 Å². The molecule has 0 radical (unpaired) electrons. The first-order valence-corrected chi connectivity index (χ1v) is 13.8. The SMILES string of the molecule is C#Cc1cc2c(cc1N1CCC(N3CCCC3)CC1)C1(CCOCC1)c1[nH]c3cc(N)ccc3c1C2=O. The molecule has 1 aromatic heterocycles. The van der Waals surface area contributed by atoms with Crippen molar-refractivity contribution >= 4 is 28.1 Å². The Morgan fingerprint density at radius 2 is 1.81 bits per heavy atom. The molecule has 37 heavy (non-hydrogen) atoms. The number of nitrogens with one attached hydrogen (secondary N) is 1. The van der Waals surface area contributed by atoms with Crippen molar-refractivity contribution in [3.8, 4) is 12.3 Å². The number of terminal acetylenes is 1. The van der Waals surface area contributed by atoms with Gasteiger partial charge in [0.15, 0.2) is 5.78 Å². The summed E-state index contributed by atoms with van der Waals surface area (Å²) >= 11 is 0. The molecule has 0 unspecified atom stereocenters. The van der Waals surface area contributed by atoms with E-state index in [1.54, 1.807) is 0 Å². The molecule has 3 aliphatic heterocycles. The molecule has 3 aromatic rings. The van der Waals surface area contributed by atoms with Gasteiger partial charge in [-0.2, -0.15) is 0 Å². The van der Waals surface area contributed by atoms with E-state index in [1.165, 1.54) is 25.9 Å². The number of anilines is 2. The average Bonchev–Trinajstić information content (AvgIpc) is 3.61. The standard InChI is InChI=1S/C31H34N4O2/c1-2-20-17-24-25(19-27(20)35-13-7-22(8-14-35)34-11-3-4-12-34)31(9-15-37-16-10-31)30-28(29(24)36)23-6-5-21(32)18-26(23)33-30/h1,5-6,17-19,22,33H,3-4,7-16,32H2. The summed E-state index contributed by atoms with van der Waals surface area (Å²) in [7, 11) is 0. The van der Waals surface area contributed by atoms with Gasteiger partial charge >= 0.3 is 0 Å². The summed E-state index contributed by atoms with van der Waals surface area (Å²) in [6.07, 6.45) is 12.7. The lowest BCUT2D eigenvalue weighted by atomic mass is 9.64. The Bertz CT molecular complexity index is 1430. The van der Waals surface area contributed by atoms with Gasteiger partial charge in [-0.25, -0.2) is 0 Å². The van der Waals surface area contributed by atoms with Crippen molar-refractivity contribution < 1.29 is 9.53 Å². The molecule has 0 atom stereocenters. The number of aromatic nitrogens is 1. The van der Waals surface area contributed by atoms with Crippen LogP contribution in [0.5, 0.6) is 0 Å². The monoisotopic (exact) mass is 494 g/mol. The number of nitrogen functional groups attached to an aromatic ring is 1. The molecule has 3 fully saturated rings. The number of nitrogens with two attached hydrogens (primary N) is 1. The first kappa shape index (κ1) is 22.9. The Labute approximate surface area is 218 Å². The lowest BCUT2D eigenvalue weighted by Gasteiger charge is -2.43. The number of ether oxygens (including phenoxy) is 1. The largest absolute Gasteiger partial charge is 0.399 e. The van der Waals surface area contributed by atoms with Gasteiger partial charge in [0, 0.05) is 71.2 Å². The fourth-order valence-electron chi connectivity index (χ4n) is 7.45. The van der Waals surface area contributed by atoms with Gasteiger partial charge in [-0.05, 0) is 81.4 Å². The predicted octanol–water partition coefficient (Wildman–Crippen LogP) is 4.44. The average molecular weight is 495 g/mol. The Balaban J connectivity index is 1.34. The summed E-state index contributed by atoms with van der Waals surface area (Å²) in [6, 6.07) is 10.7. The molecule has 1 spiro atoms. The summed E-state index contributed by atoms with van der Waals surface area (Å²) < 4.78 is 5.83. The Kier molecular flexibility index (Phi) is 5.35. The second-order valence-corrected chi connectivity index (χ2v) is 11.2. The number of H-pyrrole nitrogens is 1. The van der Waals surface area contributed by atoms with Crippen LogP contribution in [0.4, 0.5) is 11.4 Å². The summed E-state index contributed by atoms with van der Waals surface area (Å²) in [5.74, 6) is 2.98. The van der Waals surface area contributed by atoms with Crippen molar-refractivity contribution in [1.82, 2.24) is 9.88 Å². The normalized spacial score (nSPS) is 21.8. The highest BCUT2D eigenvalue weighted by atomic mass is 16.5. The van der Waals surface area contributed by atoms with E-state index < -0.39 is 0 Å². The minimum absolute atomic E-state index is 0.0499. The number of carbonyl (C=O) groups excluding carboxylic acids is 1. The number of likely N-dealkylation sites (tertiary alicyclic amines) is 1. The number of fused-ring (bicyclic) bond motifs is 6. The molecule has 0 bridgehead atoms. The maximum absolute atomic E-state index is 14.1. The molecule has 6 nitrogen and oxygen atoms in total. The van der Waals surface area contributed by atoms with Gasteiger partial charge in [-0.3, -0.25) is 4.79 Å². The van der Waals surface area contributed by atoms with Crippen LogP contribution in [0.15, 0.2) is 30.3 Å². The topological polar surface area (TPSA) is 74.6 Å². The van der Waals surface area contributed by atoms with Crippen molar-refractivity contribution in [3.63, 3.8) is 0 Å². The number of hydrogen-bond acceptors (Lipinski definition) is 5. The number of hydrogen-bond donors (Lipinski definition) is 2.